The molecule has 0 aromatic rings. The van der Waals surface area contributed by atoms with Crippen LogP contribution >= 0.6 is 0 Å². The second kappa shape index (κ2) is 2.22. The quantitative estimate of drug-likeness (QED) is 0.282. The van der Waals surface area contributed by atoms with E-state index in [0.717, 1.165) is 5.01 Å². The highest BCUT2D eigenvalue weighted by atomic mass is 16.6. The summed E-state index contributed by atoms with van der Waals surface area (Å²) in [5.41, 5.74) is 0. The zero-order valence-corrected chi connectivity index (χ0v) is 4.20. The highest BCUT2D eigenvalue weighted by Crippen LogP contribution is 1.71. The topological polar surface area (TPSA) is 58.7 Å². The summed E-state index contributed by atoms with van der Waals surface area (Å²) in [5, 5.41) is 21.0. The van der Waals surface area contributed by atoms with Gasteiger partial charge in [0.15, 0.2) is 0 Å². The van der Waals surface area contributed by atoms with Gasteiger partial charge in [-0.3, -0.25) is 0 Å². The van der Waals surface area contributed by atoms with Crippen molar-refractivity contribution < 1.29 is 15.4 Å². The van der Waals surface area contributed by atoms with Crippen LogP contribution in [0.15, 0.2) is 5.28 Å². The van der Waals surface area contributed by atoms with Crippen LogP contribution in [-0.2, 0) is 5.21 Å². The summed E-state index contributed by atoms with van der Waals surface area (Å²) < 4.78 is 0. The lowest BCUT2D eigenvalue weighted by Gasteiger charge is -1.88. The van der Waals surface area contributed by atoms with E-state index in [9.17, 15) is 5.21 Å². The molecule has 0 aliphatic rings. The summed E-state index contributed by atoms with van der Waals surface area (Å²) >= 11 is 0. The maximum Gasteiger partial charge on any atom is 0.315 e. The monoisotopic (exact) mass is 105 g/mol. The van der Waals surface area contributed by atoms with Gasteiger partial charge in [0, 0.05) is 0 Å². The molecule has 0 spiro atoms. The fourth-order valence-electron chi connectivity index (χ4n) is 0.0800. The molecule has 0 heterocycles. The van der Waals surface area contributed by atoms with Gasteiger partial charge in [-0.1, -0.05) is 0 Å². The SMILES string of the molecule is CN(C)[N+]([O])=NO. The summed E-state index contributed by atoms with van der Waals surface area (Å²) in [6.07, 6.45) is 0. The first-order valence-corrected chi connectivity index (χ1v) is 1.68. The van der Waals surface area contributed by atoms with Crippen LogP contribution in [-0.4, -0.2) is 29.3 Å². The normalized spacial score (nSPS) is 11.4. The molecule has 5 nitrogen and oxygen atoms in total. The Morgan fingerprint density at radius 2 is 2.14 bits per heavy atom. The molecule has 0 aliphatic heterocycles. The van der Waals surface area contributed by atoms with E-state index in [1.165, 1.54) is 14.1 Å². The minimum absolute atomic E-state index is 0.0556. The highest BCUT2D eigenvalue weighted by Gasteiger charge is 2.06. The zero-order chi connectivity index (χ0) is 5.86. The summed E-state index contributed by atoms with van der Waals surface area (Å²) in [6.45, 7) is 0. The minimum Gasteiger partial charge on any atom is -0.357 e. The van der Waals surface area contributed by atoms with E-state index in [-0.39, 0.29) is 4.97 Å². The van der Waals surface area contributed by atoms with Crippen LogP contribution in [0, 0.1) is 0 Å². The predicted octanol–water partition coefficient (Wildman–Crippen LogP) is -0.338. The van der Waals surface area contributed by atoms with Gasteiger partial charge in [0.1, 0.15) is 0 Å². The van der Waals surface area contributed by atoms with Gasteiger partial charge in [-0.2, -0.15) is 0 Å². The Bertz CT molecular complexity index is 79.0. The lowest BCUT2D eigenvalue weighted by atomic mass is 11.2. The summed E-state index contributed by atoms with van der Waals surface area (Å²) in [7, 11) is 2.93. The van der Waals surface area contributed by atoms with Crippen molar-refractivity contribution in [1.82, 2.24) is 5.01 Å². The van der Waals surface area contributed by atoms with Crippen molar-refractivity contribution in [3.8, 4) is 0 Å². The Labute approximate surface area is 41.0 Å². The average molecular weight is 105 g/mol. The van der Waals surface area contributed by atoms with E-state index in [4.69, 9.17) is 5.21 Å². The molecule has 5 heteroatoms. The molecule has 41 valence electrons. The van der Waals surface area contributed by atoms with Crippen molar-refractivity contribution >= 4 is 0 Å². The fourth-order valence-corrected chi connectivity index (χ4v) is 0.0800. The Kier molecular flexibility index (Phi) is 1.90. The van der Waals surface area contributed by atoms with Gasteiger partial charge in [0.2, 0.25) is 0 Å². The molecule has 0 saturated heterocycles. The molecule has 0 aromatic carbocycles. The average Bonchev–Trinajstić information content (AvgIpc) is 1.65. The smallest absolute Gasteiger partial charge is 0.315 e. The first kappa shape index (κ1) is 6.00. The maximum atomic E-state index is 9.94. The fraction of sp³-hybridized carbons (Fsp3) is 1.00. The molecule has 0 bridgehead atoms. The predicted molar refractivity (Wildman–Crippen MR) is 18.8 cm³/mol. The van der Waals surface area contributed by atoms with Crippen LogP contribution in [0.3, 0.4) is 0 Å². The molecule has 0 saturated carbocycles. The lowest BCUT2D eigenvalue weighted by molar-refractivity contribution is -0.963. The molecular weight excluding hydrogens is 98.0 g/mol. The van der Waals surface area contributed by atoms with Crippen LogP contribution in [0.1, 0.15) is 0 Å². The van der Waals surface area contributed by atoms with Crippen molar-refractivity contribution in [3.05, 3.63) is 0 Å². The van der Waals surface area contributed by atoms with Gasteiger partial charge in [-0.25, -0.2) is 0 Å². The molecule has 0 rings (SSSR count). The Balaban J connectivity index is 3.56. The van der Waals surface area contributed by atoms with Gasteiger partial charge < -0.3 is 5.21 Å². The number of hydrogen-bond donors (Lipinski definition) is 1. The van der Waals surface area contributed by atoms with Crippen LogP contribution in [0.2, 0.25) is 0 Å². The molecule has 0 aromatic heterocycles. The zero-order valence-electron chi connectivity index (χ0n) is 4.20. The van der Waals surface area contributed by atoms with Crippen LogP contribution in [0.5, 0.6) is 0 Å². The van der Waals surface area contributed by atoms with Crippen molar-refractivity contribution in [3.63, 3.8) is 0 Å². The van der Waals surface area contributed by atoms with Crippen molar-refractivity contribution in [1.29, 1.82) is 0 Å². The van der Waals surface area contributed by atoms with E-state index < -0.39 is 0 Å². The molecule has 1 N–H and O–H groups in total. The van der Waals surface area contributed by atoms with E-state index in [1.54, 1.807) is 0 Å². The minimum atomic E-state index is 0.0556. The molecule has 0 amide bonds. The molecule has 0 fully saturated rings. The third-order valence-electron chi connectivity index (χ3n) is 0.419. The highest BCUT2D eigenvalue weighted by molar-refractivity contribution is 3.91. The molecule has 0 aliphatic carbocycles. The Hall–Kier alpha value is -1.00. The van der Waals surface area contributed by atoms with Gasteiger partial charge in [0.25, 0.3) is 5.28 Å². The summed E-state index contributed by atoms with van der Waals surface area (Å²) in [4.78, 5) is 0.0556. The third kappa shape index (κ3) is 1.80. The molecule has 7 heavy (non-hydrogen) atoms. The maximum absolute atomic E-state index is 9.94. The van der Waals surface area contributed by atoms with Crippen molar-refractivity contribution in [2.75, 3.05) is 14.1 Å². The standard InChI is InChI=1S/C2H7N3O2/c1-4(2)5(7)3-6/h6H,1-2H3/q+1. The van der Waals surface area contributed by atoms with Crippen LogP contribution in [0.4, 0.5) is 0 Å². The Morgan fingerprint density at radius 3 is 2.14 bits per heavy atom. The van der Waals surface area contributed by atoms with Crippen molar-refractivity contribution in [2.45, 2.75) is 0 Å². The van der Waals surface area contributed by atoms with Crippen LogP contribution in [0.25, 0.3) is 0 Å². The molecule has 0 unspecified atom stereocenters. The summed E-state index contributed by atoms with van der Waals surface area (Å²) in [5.74, 6) is 0. The third-order valence-corrected chi connectivity index (χ3v) is 0.419. The largest absolute Gasteiger partial charge is 0.357 e. The van der Waals surface area contributed by atoms with Gasteiger partial charge in [-0.05, 0) is 0 Å². The Morgan fingerprint density at radius 1 is 1.71 bits per heavy atom. The second-order valence-electron chi connectivity index (χ2n) is 1.19. The number of rotatable bonds is 1. The summed E-state index contributed by atoms with van der Waals surface area (Å²) in [6, 6.07) is 0. The van der Waals surface area contributed by atoms with Gasteiger partial charge in [-0.15, -0.1) is 5.01 Å². The van der Waals surface area contributed by atoms with E-state index in [0.29, 0.717) is 0 Å². The van der Waals surface area contributed by atoms with Gasteiger partial charge >= 0.3 is 4.97 Å². The van der Waals surface area contributed by atoms with E-state index in [2.05, 4.69) is 5.28 Å². The van der Waals surface area contributed by atoms with Gasteiger partial charge in [0.05, 0.1) is 19.3 Å². The molecule has 1 radical (unpaired) electrons. The van der Waals surface area contributed by atoms with Crippen molar-refractivity contribution in [2.24, 2.45) is 5.28 Å². The first-order valence-electron chi connectivity index (χ1n) is 1.68. The number of hydrazine groups is 1. The second-order valence-corrected chi connectivity index (χ2v) is 1.19. The van der Waals surface area contributed by atoms with E-state index >= 15 is 0 Å². The van der Waals surface area contributed by atoms with E-state index in [1.807, 2.05) is 0 Å². The molecular formula is C2H7N3O2+. The number of hydrogen-bond acceptors (Lipinski definition) is 1. The van der Waals surface area contributed by atoms with Crippen LogP contribution < -0.4 is 0 Å². The molecule has 0 atom stereocenters. The lowest BCUT2D eigenvalue weighted by Crippen LogP contribution is -2.21. The first-order chi connectivity index (χ1) is 3.18. The number of nitrogens with zero attached hydrogens (tertiary/aromatic N) is 3.